The van der Waals surface area contributed by atoms with Crippen LogP contribution in [-0.2, 0) is 9.53 Å². The molecule has 1 aliphatic heterocycles. The molecular formula is C14H28N2O2. The Morgan fingerprint density at radius 2 is 2.06 bits per heavy atom. The average Bonchev–Trinajstić information content (AvgIpc) is 2.22. The molecule has 1 rings (SSSR count). The minimum Gasteiger partial charge on any atom is -0.367 e. The van der Waals surface area contributed by atoms with Gasteiger partial charge in [-0.15, -0.1) is 0 Å². The molecule has 1 amide bonds. The van der Waals surface area contributed by atoms with E-state index in [9.17, 15) is 4.79 Å². The smallest absolute Gasteiger partial charge is 0.222 e. The number of hydrogen-bond acceptors (Lipinski definition) is 3. The van der Waals surface area contributed by atoms with E-state index in [4.69, 9.17) is 10.5 Å². The van der Waals surface area contributed by atoms with Gasteiger partial charge in [0.25, 0.3) is 0 Å². The molecule has 4 nitrogen and oxygen atoms in total. The lowest BCUT2D eigenvalue weighted by atomic mass is 9.90. The Balaban J connectivity index is 2.56. The maximum absolute atomic E-state index is 12.2. The van der Waals surface area contributed by atoms with Crippen LogP contribution >= 0.6 is 0 Å². The number of hydrogen-bond donors (Lipinski definition) is 1. The van der Waals surface area contributed by atoms with Crippen LogP contribution in [0.1, 0.15) is 47.5 Å². The fourth-order valence-electron chi connectivity index (χ4n) is 2.25. The van der Waals surface area contributed by atoms with Crippen LogP contribution < -0.4 is 5.73 Å². The molecule has 4 heteroatoms. The van der Waals surface area contributed by atoms with Crippen LogP contribution in [0.2, 0.25) is 0 Å². The Labute approximate surface area is 111 Å². The molecule has 0 aromatic carbocycles. The number of carbonyl (C=O) groups excluding carboxylic acids is 1. The van der Waals surface area contributed by atoms with Gasteiger partial charge in [0, 0.05) is 26.1 Å². The van der Waals surface area contributed by atoms with E-state index in [1.54, 1.807) is 0 Å². The standard InChI is InChI=1S/C14H28N2O2/c1-13(2,3)7-6-12(17)16-9-11(8-15)18-14(4,5)10-16/h11H,6-10,15H2,1-5H3. The van der Waals surface area contributed by atoms with Crippen molar-refractivity contribution >= 4 is 5.91 Å². The second-order valence-corrected chi connectivity index (χ2v) is 7.07. The van der Waals surface area contributed by atoms with Crippen LogP contribution in [0, 0.1) is 5.41 Å². The summed E-state index contributed by atoms with van der Waals surface area (Å²) in [4.78, 5) is 14.1. The molecule has 1 heterocycles. The highest BCUT2D eigenvalue weighted by molar-refractivity contribution is 5.76. The Bertz CT molecular complexity index is 295. The van der Waals surface area contributed by atoms with Gasteiger partial charge in [-0.25, -0.2) is 0 Å². The molecule has 1 saturated heterocycles. The van der Waals surface area contributed by atoms with Gasteiger partial charge in [-0.3, -0.25) is 4.79 Å². The van der Waals surface area contributed by atoms with Gasteiger partial charge in [0.2, 0.25) is 5.91 Å². The molecule has 0 saturated carbocycles. The third-order valence-corrected chi connectivity index (χ3v) is 3.19. The van der Waals surface area contributed by atoms with Gasteiger partial charge in [-0.05, 0) is 25.7 Å². The molecule has 1 aliphatic rings. The highest BCUT2D eigenvalue weighted by atomic mass is 16.5. The maximum atomic E-state index is 12.2. The highest BCUT2D eigenvalue weighted by Crippen LogP contribution is 2.24. The second-order valence-electron chi connectivity index (χ2n) is 7.07. The topological polar surface area (TPSA) is 55.6 Å². The van der Waals surface area contributed by atoms with E-state index >= 15 is 0 Å². The zero-order chi connectivity index (χ0) is 14.0. The van der Waals surface area contributed by atoms with Crippen LogP contribution in [-0.4, -0.2) is 42.1 Å². The maximum Gasteiger partial charge on any atom is 0.222 e. The number of nitrogens with zero attached hydrogens (tertiary/aromatic N) is 1. The minimum atomic E-state index is -0.292. The lowest BCUT2D eigenvalue weighted by Gasteiger charge is -2.42. The summed E-state index contributed by atoms with van der Waals surface area (Å²) >= 11 is 0. The minimum absolute atomic E-state index is 0.0349. The number of carbonyl (C=O) groups is 1. The van der Waals surface area contributed by atoms with Crippen LogP contribution in [0.25, 0.3) is 0 Å². The van der Waals surface area contributed by atoms with Gasteiger partial charge in [-0.1, -0.05) is 20.8 Å². The number of ether oxygens (including phenoxy) is 1. The molecule has 106 valence electrons. The number of rotatable bonds is 3. The number of morpholine rings is 1. The average molecular weight is 256 g/mol. The van der Waals surface area contributed by atoms with Gasteiger partial charge in [0.1, 0.15) is 0 Å². The zero-order valence-electron chi connectivity index (χ0n) is 12.5. The van der Waals surface area contributed by atoms with Gasteiger partial charge >= 0.3 is 0 Å². The lowest BCUT2D eigenvalue weighted by molar-refractivity contribution is -0.159. The van der Waals surface area contributed by atoms with Crippen molar-refractivity contribution in [1.29, 1.82) is 0 Å². The first-order valence-corrected chi connectivity index (χ1v) is 6.79. The molecule has 0 radical (unpaired) electrons. The zero-order valence-corrected chi connectivity index (χ0v) is 12.5. The number of amides is 1. The molecule has 1 fully saturated rings. The fraction of sp³-hybridized carbons (Fsp3) is 0.929. The monoisotopic (exact) mass is 256 g/mol. The Kier molecular flexibility index (Phi) is 4.78. The molecule has 0 aromatic rings. The van der Waals surface area contributed by atoms with Crippen molar-refractivity contribution < 1.29 is 9.53 Å². The fourth-order valence-corrected chi connectivity index (χ4v) is 2.25. The van der Waals surface area contributed by atoms with Crippen molar-refractivity contribution in [2.24, 2.45) is 11.1 Å². The van der Waals surface area contributed by atoms with Crippen molar-refractivity contribution in [3.8, 4) is 0 Å². The largest absolute Gasteiger partial charge is 0.367 e. The first kappa shape index (κ1) is 15.4. The third kappa shape index (κ3) is 4.94. The first-order chi connectivity index (χ1) is 8.13. The van der Waals surface area contributed by atoms with E-state index in [2.05, 4.69) is 20.8 Å². The first-order valence-electron chi connectivity index (χ1n) is 6.79. The van der Waals surface area contributed by atoms with E-state index in [1.807, 2.05) is 18.7 Å². The molecule has 18 heavy (non-hydrogen) atoms. The molecule has 0 spiro atoms. The Morgan fingerprint density at radius 1 is 1.44 bits per heavy atom. The molecular weight excluding hydrogens is 228 g/mol. The summed E-state index contributed by atoms with van der Waals surface area (Å²) in [5, 5.41) is 0. The van der Waals surface area contributed by atoms with Gasteiger partial charge < -0.3 is 15.4 Å². The summed E-state index contributed by atoms with van der Waals surface area (Å²) in [5.74, 6) is 0.222. The van der Waals surface area contributed by atoms with Crippen molar-refractivity contribution in [2.75, 3.05) is 19.6 Å². The van der Waals surface area contributed by atoms with Crippen LogP contribution in [0.4, 0.5) is 0 Å². The SMILES string of the molecule is CC(C)(C)CCC(=O)N1CC(CN)OC(C)(C)C1. The van der Waals surface area contributed by atoms with Crippen LogP contribution in [0.5, 0.6) is 0 Å². The second kappa shape index (κ2) is 5.57. The molecule has 1 unspecified atom stereocenters. The van der Waals surface area contributed by atoms with Gasteiger partial charge in [0.15, 0.2) is 0 Å². The third-order valence-electron chi connectivity index (χ3n) is 3.19. The molecule has 0 aliphatic carbocycles. The Hall–Kier alpha value is -0.610. The van der Waals surface area contributed by atoms with Crippen LogP contribution in [0.15, 0.2) is 0 Å². The number of nitrogens with two attached hydrogens (primary N) is 1. The van der Waals surface area contributed by atoms with E-state index in [-0.39, 0.29) is 23.0 Å². The predicted molar refractivity (Wildman–Crippen MR) is 73.3 cm³/mol. The molecule has 0 aromatic heterocycles. The van der Waals surface area contributed by atoms with Crippen molar-refractivity contribution in [3.63, 3.8) is 0 Å². The summed E-state index contributed by atoms with van der Waals surface area (Å²) in [6, 6.07) is 0. The summed E-state index contributed by atoms with van der Waals surface area (Å²) in [6.07, 6.45) is 1.49. The van der Waals surface area contributed by atoms with Crippen LogP contribution in [0.3, 0.4) is 0 Å². The normalized spacial score (nSPS) is 24.1. The predicted octanol–water partition coefficient (Wildman–Crippen LogP) is 1.78. The van der Waals surface area contributed by atoms with E-state index in [0.29, 0.717) is 26.1 Å². The van der Waals surface area contributed by atoms with Crippen molar-refractivity contribution in [1.82, 2.24) is 4.90 Å². The summed E-state index contributed by atoms with van der Waals surface area (Å²) < 4.78 is 5.83. The molecule has 0 bridgehead atoms. The summed E-state index contributed by atoms with van der Waals surface area (Å²) in [6.45, 7) is 12.3. The van der Waals surface area contributed by atoms with Crippen molar-refractivity contribution in [3.05, 3.63) is 0 Å². The van der Waals surface area contributed by atoms with E-state index < -0.39 is 0 Å². The molecule has 2 N–H and O–H groups in total. The van der Waals surface area contributed by atoms with Gasteiger partial charge in [-0.2, -0.15) is 0 Å². The van der Waals surface area contributed by atoms with Gasteiger partial charge in [0.05, 0.1) is 11.7 Å². The summed E-state index contributed by atoms with van der Waals surface area (Å²) in [5.41, 5.74) is 5.57. The van der Waals surface area contributed by atoms with E-state index in [1.165, 1.54) is 0 Å². The lowest BCUT2D eigenvalue weighted by Crippen LogP contribution is -2.56. The quantitative estimate of drug-likeness (QED) is 0.837. The van der Waals surface area contributed by atoms with Crippen molar-refractivity contribution in [2.45, 2.75) is 59.2 Å². The Morgan fingerprint density at radius 3 is 2.56 bits per heavy atom. The van der Waals surface area contributed by atoms with E-state index in [0.717, 1.165) is 6.42 Å². The summed E-state index contributed by atoms with van der Waals surface area (Å²) in [7, 11) is 0. The highest BCUT2D eigenvalue weighted by Gasteiger charge is 2.34. The molecule has 1 atom stereocenters.